The maximum Gasteiger partial charge on any atom is 0.408 e. The van der Waals surface area contributed by atoms with E-state index in [0.29, 0.717) is 0 Å². The first-order chi connectivity index (χ1) is 11.4. The summed E-state index contributed by atoms with van der Waals surface area (Å²) in [6.07, 6.45) is -1.09. The lowest BCUT2D eigenvalue weighted by Crippen LogP contribution is -2.75. The summed E-state index contributed by atoms with van der Waals surface area (Å²) in [5.41, 5.74) is 2.49. The number of carbonyl (C=O) groups is 2. The van der Waals surface area contributed by atoms with Crippen molar-refractivity contribution in [1.29, 1.82) is 0 Å². The van der Waals surface area contributed by atoms with E-state index in [1.165, 1.54) is 4.90 Å². The van der Waals surface area contributed by atoms with Gasteiger partial charge in [0.2, 0.25) is 5.91 Å². The molecule has 0 radical (unpaired) electrons. The van der Waals surface area contributed by atoms with Crippen molar-refractivity contribution in [3.63, 3.8) is 0 Å². The maximum atomic E-state index is 11.8. The molecule has 3 rings (SSSR count). The Hall–Kier alpha value is -2.82. The molecule has 0 saturated carbocycles. The highest BCUT2D eigenvalue weighted by Crippen LogP contribution is 2.27. The van der Waals surface area contributed by atoms with E-state index in [1.54, 1.807) is 0 Å². The predicted molar refractivity (Wildman–Crippen MR) is 91.5 cm³/mol. The van der Waals surface area contributed by atoms with Crippen molar-refractivity contribution in [3.05, 3.63) is 60.2 Å². The molecule has 2 amide bonds. The molecule has 1 saturated heterocycles. The van der Waals surface area contributed by atoms with Crippen molar-refractivity contribution >= 4 is 12.0 Å². The van der Waals surface area contributed by atoms with Crippen LogP contribution in [-0.4, -0.2) is 33.6 Å². The highest BCUT2D eigenvalue weighted by molar-refractivity contribution is 5.93. The molecule has 0 bridgehead atoms. The van der Waals surface area contributed by atoms with Gasteiger partial charge in [-0.05, 0) is 30.5 Å². The van der Waals surface area contributed by atoms with Crippen molar-refractivity contribution in [2.45, 2.75) is 32.0 Å². The second kappa shape index (κ2) is 6.00. The number of hydrogen-bond donors (Lipinski definition) is 2. The zero-order valence-electron chi connectivity index (χ0n) is 13.7. The van der Waals surface area contributed by atoms with Crippen LogP contribution >= 0.6 is 0 Å². The quantitative estimate of drug-likeness (QED) is 0.849. The van der Waals surface area contributed by atoms with Crippen LogP contribution in [0.5, 0.6) is 0 Å². The van der Waals surface area contributed by atoms with Gasteiger partial charge in [-0.15, -0.1) is 0 Å². The molecule has 0 unspecified atom stereocenters. The van der Waals surface area contributed by atoms with Crippen LogP contribution < -0.4 is 5.32 Å². The van der Waals surface area contributed by atoms with Crippen LogP contribution in [0.15, 0.2) is 54.6 Å². The minimum Gasteiger partial charge on any atom is -0.465 e. The van der Waals surface area contributed by atoms with Gasteiger partial charge in [0.05, 0.1) is 5.54 Å². The molecular weight excluding hydrogens is 304 g/mol. The van der Waals surface area contributed by atoms with E-state index < -0.39 is 17.7 Å². The zero-order valence-corrected chi connectivity index (χ0v) is 13.7. The average molecular weight is 324 g/mol. The Labute approximate surface area is 140 Å². The van der Waals surface area contributed by atoms with Crippen molar-refractivity contribution in [1.82, 2.24) is 10.2 Å². The molecule has 0 aliphatic carbocycles. The largest absolute Gasteiger partial charge is 0.465 e. The molecule has 1 heterocycles. The summed E-state index contributed by atoms with van der Waals surface area (Å²) >= 11 is 0. The van der Waals surface area contributed by atoms with Crippen LogP contribution in [0.3, 0.4) is 0 Å². The van der Waals surface area contributed by atoms with Crippen LogP contribution in [0.2, 0.25) is 0 Å². The molecule has 1 aliphatic heterocycles. The minimum atomic E-state index is -1.09. The fraction of sp³-hybridized carbons (Fsp3) is 0.263. The first kappa shape index (κ1) is 16.1. The van der Waals surface area contributed by atoms with Crippen LogP contribution in [0.4, 0.5) is 4.79 Å². The molecule has 24 heavy (non-hydrogen) atoms. The lowest BCUT2D eigenvalue weighted by molar-refractivity contribution is -0.141. The van der Waals surface area contributed by atoms with Gasteiger partial charge in [0.15, 0.2) is 0 Å². The van der Waals surface area contributed by atoms with Gasteiger partial charge in [-0.3, -0.25) is 9.69 Å². The molecule has 5 nitrogen and oxygen atoms in total. The van der Waals surface area contributed by atoms with Gasteiger partial charge in [-0.25, -0.2) is 4.79 Å². The third-order valence-electron chi connectivity index (χ3n) is 4.35. The topological polar surface area (TPSA) is 69.6 Å². The second-order valence-corrected chi connectivity index (χ2v) is 6.59. The van der Waals surface area contributed by atoms with Crippen molar-refractivity contribution in [2.24, 2.45) is 0 Å². The number of carbonyl (C=O) groups excluding carboxylic acids is 1. The molecule has 0 aromatic heterocycles. The van der Waals surface area contributed by atoms with E-state index in [1.807, 2.05) is 68.4 Å². The summed E-state index contributed by atoms with van der Waals surface area (Å²) in [6, 6.07) is 17.1. The molecule has 2 N–H and O–H groups in total. The smallest absolute Gasteiger partial charge is 0.408 e. The maximum absolute atomic E-state index is 11.8. The number of benzene rings is 2. The van der Waals surface area contributed by atoms with Gasteiger partial charge in [-0.2, -0.15) is 0 Å². The standard InChI is InChI=1S/C19H20N2O3/c1-19(2)16(17(22)20-19)21(18(23)24)12-13-8-10-15(11-9-13)14-6-4-3-5-7-14/h3-11,16H,12H2,1-2H3,(H,20,22)(H,23,24)/t16-/m0/s1. The SMILES string of the molecule is CC1(C)NC(=O)[C@@H]1N(Cc1ccc(-c2ccccc2)cc1)C(=O)O. The van der Waals surface area contributed by atoms with Crippen LogP contribution in [0.1, 0.15) is 19.4 Å². The van der Waals surface area contributed by atoms with Gasteiger partial charge in [0.1, 0.15) is 6.04 Å². The van der Waals surface area contributed by atoms with Crippen LogP contribution in [-0.2, 0) is 11.3 Å². The molecule has 1 aliphatic rings. The van der Waals surface area contributed by atoms with Crippen molar-refractivity contribution in [3.8, 4) is 11.1 Å². The summed E-state index contributed by atoms with van der Waals surface area (Å²) in [5, 5.41) is 12.2. The predicted octanol–water partition coefficient (Wildman–Crippen LogP) is 3.11. The number of β-lactam (4-membered cyclic amide) rings is 1. The zero-order chi connectivity index (χ0) is 17.3. The van der Waals surface area contributed by atoms with Gasteiger partial charge in [-0.1, -0.05) is 54.6 Å². The lowest BCUT2D eigenvalue weighted by Gasteiger charge is -2.48. The van der Waals surface area contributed by atoms with Gasteiger partial charge < -0.3 is 10.4 Å². The molecule has 5 heteroatoms. The summed E-state index contributed by atoms with van der Waals surface area (Å²) in [5.74, 6) is -0.247. The fourth-order valence-electron chi connectivity index (χ4n) is 3.13. The normalized spacial score (nSPS) is 18.4. The monoisotopic (exact) mass is 324 g/mol. The Balaban J connectivity index is 1.79. The lowest BCUT2D eigenvalue weighted by atomic mass is 9.84. The second-order valence-electron chi connectivity index (χ2n) is 6.59. The molecule has 124 valence electrons. The Kier molecular flexibility index (Phi) is 4.01. The number of carboxylic acid groups (broad SMARTS) is 1. The number of rotatable bonds is 4. The molecule has 2 aromatic carbocycles. The number of hydrogen-bond acceptors (Lipinski definition) is 2. The highest BCUT2D eigenvalue weighted by atomic mass is 16.4. The molecular formula is C19H20N2O3. The number of nitrogens with zero attached hydrogens (tertiary/aromatic N) is 1. The summed E-state index contributed by atoms with van der Waals surface area (Å²) in [6.45, 7) is 3.84. The van der Waals surface area contributed by atoms with Crippen LogP contribution in [0.25, 0.3) is 11.1 Å². The number of nitrogens with one attached hydrogen (secondary N) is 1. The Morgan fingerprint density at radius 2 is 1.67 bits per heavy atom. The van der Waals surface area contributed by atoms with Crippen molar-refractivity contribution in [2.75, 3.05) is 0 Å². The van der Waals surface area contributed by atoms with Gasteiger partial charge >= 0.3 is 6.09 Å². The molecule has 0 spiro atoms. The molecule has 1 atom stereocenters. The molecule has 1 fully saturated rings. The Morgan fingerprint density at radius 3 is 2.17 bits per heavy atom. The van der Waals surface area contributed by atoms with E-state index in [2.05, 4.69) is 5.32 Å². The Bertz CT molecular complexity index is 754. The highest BCUT2D eigenvalue weighted by Gasteiger charge is 2.51. The van der Waals surface area contributed by atoms with E-state index >= 15 is 0 Å². The molecule has 2 aromatic rings. The first-order valence-corrected chi connectivity index (χ1v) is 7.84. The minimum absolute atomic E-state index is 0.186. The summed E-state index contributed by atoms with van der Waals surface area (Å²) in [4.78, 5) is 24.6. The van der Waals surface area contributed by atoms with E-state index in [9.17, 15) is 14.7 Å². The fourth-order valence-corrected chi connectivity index (χ4v) is 3.13. The average Bonchev–Trinajstić information content (AvgIpc) is 2.55. The summed E-state index contributed by atoms with van der Waals surface area (Å²) < 4.78 is 0. The van der Waals surface area contributed by atoms with Gasteiger partial charge in [0.25, 0.3) is 0 Å². The van der Waals surface area contributed by atoms with Crippen LogP contribution in [0, 0.1) is 0 Å². The third kappa shape index (κ3) is 2.97. The van der Waals surface area contributed by atoms with E-state index in [4.69, 9.17) is 0 Å². The van der Waals surface area contributed by atoms with Gasteiger partial charge in [0, 0.05) is 6.54 Å². The third-order valence-corrected chi connectivity index (χ3v) is 4.35. The van der Waals surface area contributed by atoms with Crippen molar-refractivity contribution < 1.29 is 14.7 Å². The van der Waals surface area contributed by atoms with E-state index in [-0.39, 0.29) is 12.5 Å². The summed E-state index contributed by atoms with van der Waals surface area (Å²) in [7, 11) is 0. The van der Waals surface area contributed by atoms with E-state index in [0.717, 1.165) is 16.7 Å². The Morgan fingerprint density at radius 1 is 1.08 bits per heavy atom. The first-order valence-electron chi connectivity index (χ1n) is 7.84. The number of amides is 2.